The molecule has 0 aliphatic rings. The van der Waals surface area contributed by atoms with Crippen molar-refractivity contribution >= 4 is 27.8 Å². The van der Waals surface area contributed by atoms with Crippen LogP contribution in [-0.2, 0) is 7.05 Å². The predicted octanol–water partition coefficient (Wildman–Crippen LogP) is 2.55. The zero-order valence-corrected chi connectivity index (χ0v) is 14.9. The van der Waals surface area contributed by atoms with Gasteiger partial charge in [-0.3, -0.25) is 0 Å². The average Bonchev–Trinajstić information content (AvgIpc) is 2.96. The van der Waals surface area contributed by atoms with Gasteiger partial charge in [-0.05, 0) is 35.9 Å². The van der Waals surface area contributed by atoms with Crippen LogP contribution in [0.25, 0.3) is 10.2 Å². The first-order valence-electron chi connectivity index (χ1n) is 7.76. The molecule has 1 heterocycles. The highest BCUT2D eigenvalue weighted by molar-refractivity contribution is 7.16. The van der Waals surface area contributed by atoms with Crippen molar-refractivity contribution in [2.45, 2.75) is 0 Å². The maximum absolute atomic E-state index is 8.84. The van der Waals surface area contributed by atoms with Crippen molar-refractivity contribution in [3.8, 4) is 11.5 Å². The standard InChI is InChI=1S/C18H19N3O3S/c1-21-14-5-3-4-6-17(14)25-18(21)20-19-12-13-7-8-15(24-10-9-22)16(11-13)23-2/h3-8,11-12,22H,9-10H2,1-2H3/b19-12+,20-18+. The molecule has 0 amide bonds. The highest BCUT2D eigenvalue weighted by Gasteiger charge is 2.05. The molecule has 0 bridgehead atoms. The zero-order chi connectivity index (χ0) is 17.6. The third kappa shape index (κ3) is 3.89. The molecule has 1 aromatic heterocycles. The average molecular weight is 357 g/mol. The van der Waals surface area contributed by atoms with E-state index in [1.54, 1.807) is 30.7 Å². The Morgan fingerprint density at radius 1 is 1.20 bits per heavy atom. The Morgan fingerprint density at radius 3 is 2.80 bits per heavy atom. The lowest BCUT2D eigenvalue weighted by Crippen LogP contribution is -2.08. The molecule has 0 saturated carbocycles. The fraction of sp³-hybridized carbons (Fsp3) is 0.222. The van der Waals surface area contributed by atoms with Gasteiger partial charge in [0.2, 0.25) is 4.80 Å². The number of rotatable bonds is 6. The molecule has 0 unspecified atom stereocenters. The van der Waals surface area contributed by atoms with Crippen LogP contribution in [0.5, 0.6) is 11.5 Å². The quantitative estimate of drug-likeness (QED) is 0.544. The maximum Gasteiger partial charge on any atom is 0.211 e. The lowest BCUT2D eigenvalue weighted by molar-refractivity contribution is 0.196. The third-order valence-electron chi connectivity index (χ3n) is 3.60. The molecule has 2 aromatic carbocycles. The van der Waals surface area contributed by atoms with Crippen molar-refractivity contribution < 1.29 is 14.6 Å². The van der Waals surface area contributed by atoms with E-state index in [1.807, 2.05) is 35.9 Å². The number of aliphatic hydroxyl groups excluding tert-OH is 1. The summed E-state index contributed by atoms with van der Waals surface area (Å²) in [6.07, 6.45) is 1.67. The fourth-order valence-corrected chi connectivity index (χ4v) is 3.34. The maximum atomic E-state index is 8.84. The van der Waals surface area contributed by atoms with Gasteiger partial charge in [-0.15, -0.1) is 5.10 Å². The van der Waals surface area contributed by atoms with Crippen LogP contribution < -0.4 is 14.3 Å². The number of hydrogen-bond acceptors (Lipinski definition) is 6. The van der Waals surface area contributed by atoms with Crippen molar-refractivity contribution in [3.63, 3.8) is 0 Å². The molecule has 25 heavy (non-hydrogen) atoms. The van der Waals surface area contributed by atoms with Crippen molar-refractivity contribution in [2.75, 3.05) is 20.3 Å². The fourth-order valence-electron chi connectivity index (χ4n) is 2.36. The number of methoxy groups -OCH3 is 1. The van der Waals surface area contributed by atoms with Gasteiger partial charge in [0, 0.05) is 7.05 Å². The van der Waals surface area contributed by atoms with Crippen LogP contribution >= 0.6 is 11.3 Å². The van der Waals surface area contributed by atoms with Crippen LogP contribution in [0.1, 0.15) is 5.56 Å². The first kappa shape index (κ1) is 17.2. The van der Waals surface area contributed by atoms with Crippen LogP contribution in [0.4, 0.5) is 0 Å². The summed E-state index contributed by atoms with van der Waals surface area (Å²) in [7, 11) is 3.55. The number of nitrogens with zero attached hydrogens (tertiary/aromatic N) is 3. The summed E-state index contributed by atoms with van der Waals surface area (Å²) in [6, 6.07) is 13.6. The van der Waals surface area contributed by atoms with E-state index < -0.39 is 0 Å². The zero-order valence-electron chi connectivity index (χ0n) is 14.0. The largest absolute Gasteiger partial charge is 0.493 e. The summed E-state index contributed by atoms with van der Waals surface area (Å²) in [5, 5.41) is 17.3. The van der Waals surface area contributed by atoms with Gasteiger partial charge in [-0.2, -0.15) is 5.10 Å². The predicted molar refractivity (Wildman–Crippen MR) is 99.5 cm³/mol. The summed E-state index contributed by atoms with van der Waals surface area (Å²) in [4.78, 5) is 0.826. The van der Waals surface area contributed by atoms with E-state index >= 15 is 0 Å². The minimum atomic E-state index is -0.0442. The molecule has 6 nitrogen and oxygen atoms in total. The summed E-state index contributed by atoms with van der Waals surface area (Å²) in [5.74, 6) is 1.17. The number of fused-ring (bicyclic) bond motifs is 1. The smallest absolute Gasteiger partial charge is 0.211 e. The van der Waals surface area contributed by atoms with Crippen LogP contribution in [0, 0.1) is 0 Å². The molecule has 3 rings (SSSR count). The number of aryl methyl sites for hydroxylation is 1. The second-order valence-corrected chi connectivity index (χ2v) is 6.25. The van der Waals surface area contributed by atoms with Gasteiger partial charge in [0.25, 0.3) is 0 Å². The van der Waals surface area contributed by atoms with Gasteiger partial charge >= 0.3 is 0 Å². The van der Waals surface area contributed by atoms with Crippen molar-refractivity contribution in [3.05, 3.63) is 52.8 Å². The van der Waals surface area contributed by atoms with Gasteiger partial charge in [0.15, 0.2) is 11.5 Å². The highest BCUT2D eigenvalue weighted by atomic mass is 32.1. The molecular weight excluding hydrogens is 338 g/mol. The Hall–Kier alpha value is -2.64. The Labute approximate surface area is 149 Å². The molecule has 0 aliphatic heterocycles. The van der Waals surface area contributed by atoms with Crippen molar-refractivity contribution in [1.29, 1.82) is 0 Å². The molecule has 1 N–H and O–H groups in total. The summed E-state index contributed by atoms with van der Waals surface area (Å²) < 4.78 is 13.9. The number of benzene rings is 2. The van der Waals surface area contributed by atoms with Gasteiger partial charge in [-0.25, -0.2) is 0 Å². The normalized spacial score (nSPS) is 12.2. The van der Waals surface area contributed by atoms with Gasteiger partial charge in [-0.1, -0.05) is 23.5 Å². The molecule has 0 spiro atoms. The number of ether oxygens (including phenoxy) is 2. The number of thiazole rings is 1. The Balaban J connectivity index is 1.84. The topological polar surface area (TPSA) is 68.3 Å². The first-order valence-corrected chi connectivity index (χ1v) is 8.58. The second kappa shape index (κ2) is 7.96. The van der Waals surface area contributed by atoms with E-state index in [4.69, 9.17) is 14.6 Å². The van der Waals surface area contributed by atoms with E-state index in [0.29, 0.717) is 11.5 Å². The van der Waals surface area contributed by atoms with Gasteiger partial charge in [0.05, 0.1) is 30.1 Å². The Kier molecular flexibility index (Phi) is 5.47. The minimum Gasteiger partial charge on any atom is -0.493 e. The molecule has 130 valence electrons. The minimum absolute atomic E-state index is 0.0442. The Morgan fingerprint density at radius 2 is 2.04 bits per heavy atom. The van der Waals surface area contributed by atoms with E-state index in [9.17, 15) is 0 Å². The molecular formula is C18H19N3O3S. The SMILES string of the molecule is COc1cc(/C=N/N=c2/sc3ccccc3n2C)ccc1OCCO. The number of aliphatic hydroxyl groups is 1. The molecule has 0 fully saturated rings. The number of aromatic nitrogens is 1. The first-order chi connectivity index (χ1) is 12.2. The number of hydrogen-bond donors (Lipinski definition) is 1. The molecule has 0 aliphatic carbocycles. The lowest BCUT2D eigenvalue weighted by atomic mass is 10.2. The molecule has 3 aromatic rings. The molecule has 0 atom stereocenters. The summed E-state index contributed by atoms with van der Waals surface area (Å²) in [5.41, 5.74) is 1.98. The van der Waals surface area contributed by atoms with Gasteiger partial charge in [0.1, 0.15) is 6.61 Å². The van der Waals surface area contributed by atoms with Crippen LogP contribution in [-0.4, -0.2) is 36.2 Å². The van der Waals surface area contributed by atoms with Crippen LogP contribution in [0.2, 0.25) is 0 Å². The van der Waals surface area contributed by atoms with E-state index in [0.717, 1.165) is 15.9 Å². The van der Waals surface area contributed by atoms with E-state index in [1.165, 1.54) is 4.70 Å². The van der Waals surface area contributed by atoms with Crippen LogP contribution in [0.15, 0.2) is 52.7 Å². The van der Waals surface area contributed by atoms with Gasteiger partial charge < -0.3 is 19.1 Å². The number of para-hydroxylation sites is 1. The Bertz CT molecular complexity index is 960. The summed E-state index contributed by atoms with van der Waals surface area (Å²) in [6.45, 7) is 0.180. The van der Waals surface area contributed by atoms with Crippen LogP contribution in [0.3, 0.4) is 0 Å². The second-order valence-electron chi connectivity index (χ2n) is 5.24. The lowest BCUT2D eigenvalue weighted by Gasteiger charge is -2.09. The monoisotopic (exact) mass is 357 g/mol. The molecule has 0 radical (unpaired) electrons. The van der Waals surface area contributed by atoms with Crippen molar-refractivity contribution in [2.24, 2.45) is 17.3 Å². The van der Waals surface area contributed by atoms with E-state index in [2.05, 4.69) is 22.3 Å². The highest BCUT2D eigenvalue weighted by Crippen LogP contribution is 2.27. The molecule has 0 saturated heterocycles. The molecule has 7 heteroatoms. The third-order valence-corrected chi connectivity index (χ3v) is 4.70. The summed E-state index contributed by atoms with van der Waals surface area (Å²) >= 11 is 1.59. The van der Waals surface area contributed by atoms with Crippen molar-refractivity contribution in [1.82, 2.24) is 4.57 Å². The van der Waals surface area contributed by atoms with E-state index in [-0.39, 0.29) is 13.2 Å².